The standard InChI is InChI=1S/C20H20N2O3/c1-24-17-5-7-18(8-6-17)25-19-9-11-22(12-10-19)20(23)16-4-2-3-15(13-16)14-21/h2-8,13,19H,9-12H2,1H3. The van der Waals surface area contributed by atoms with Crippen LogP contribution in [0, 0.1) is 11.3 Å². The van der Waals surface area contributed by atoms with Crippen molar-refractivity contribution in [2.24, 2.45) is 0 Å². The summed E-state index contributed by atoms with van der Waals surface area (Å²) in [4.78, 5) is 14.4. The highest BCUT2D eigenvalue weighted by Gasteiger charge is 2.24. The van der Waals surface area contributed by atoms with Crippen molar-refractivity contribution in [2.75, 3.05) is 20.2 Å². The molecule has 0 spiro atoms. The Morgan fingerprint density at radius 3 is 2.44 bits per heavy atom. The minimum Gasteiger partial charge on any atom is -0.497 e. The molecular weight excluding hydrogens is 316 g/mol. The molecule has 0 aliphatic carbocycles. The lowest BCUT2D eigenvalue weighted by molar-refractivity contribution is 0.0595. The lowest BCUT2D eigenvalue weighted by Crippen LogP contribution is -2.41. The number of carbonyl (C=O) groups excluding carboxylic acids is 1. The van der Waals surface area contributed by atoms with E-state index < -0.39 is 0 Å². The third-order valence-electron chi connectivity index (χ3n) is 4.33. The van der Waals surface area contributed by atoms with Crippen molar-refractivity contribution < 1.29 is 14.3 Å². The van der Waals surface area contributed by atoms with Gasteiger partial charge in [0.15, 0.2) is 0 Å². The fraction of sp³-hybridized carbons (Fsp3) is 0.300. The van der Waals surface area contributed by atoms with Crippen molar-refractivity contribution in [3.8, 4) is 17.6 Å². The van der Waals surface area contributed by atoms with E-state index in [1.54, 1.807) is 31.4 Å². The van der Waals surface area contributed by atoms with Gasteiger partial charge in [0.25, 0.3) is 5.91 Å². The molecule has 25 heavy (non-hydrogen) atoms. The fourth-order valence-electron chi connectivity index (χ4n) is 2.93. The first-order valence-corrected chi connectivity index (χ1v) is 8.30. The summed E-state index contributed by atoms with van der Waals surface area (Å²) in [6, 6.07) is 16.4. The summed E-state index contributed by atoms with van der Waals surface area (Å²) >= 11 is 0. The number of hydrogen-bond acceptors (Lipinski definition) is 4. The van der Waals surface area contributed by atoms with E-state index >= 15 is 0 Å². The van der Waals surface area contributed by atoms with Crippen LogP contribution >= 0.6 is 0 Å². The second-order valence-electron chi connectivity index (χ2n) is 5.98. The Morgan fingerprint density at radius 2 is 1.80 bits per heavy atom. The normalized spacial score (nSPS) is 14.6. The number of nitriles is 1. The van der Waals surface area contributed by atoms with Crippen molar-refractivity contribution in [3.05, 3.63) is 59.7 Å². The lowest BCUT2D eigenvalue weighted by Gasteiger charge is -2.32. The molecule has 2 aromatic carbocycles. The van der Waals surface area contributed by atoms with Crippen molar-refractivity contribution in [2.45, 2.75) is 18.9 Å². The maximum absolute atomic E-state index is 12.6. The number of methoxy groups -OCH3 is 1. The minimum absolute atomic E-state index is 0.0278. The van der Waals surface area contributed by atoms with Crippen LogP contribution in [-0.4, -0.2) is 37.1 Å². The average molecular weight is 336 g/mol. The number of ether oxygens (including phenoxy) is 2. The van der Waals surface area contributed by atoms with E-state index in [4.69, 9.17) is 14.7 Å². The molecule has 0 bridgehead atoms. The quantitative estimate of drug-likeness (QED) is 0.860. The van der Waals surface area contributed by atoms with Crippen molar-refractivity contribution >= 4 is 5.91 Å². The topological polar surface area (TPSA) is 62.6 Å². The van der Waals surface area contributed by atoms with Gasteiger partial charge in [0.05, 0.1) is 18.7 Å². The van der Waals surface area contributed by atoms with Crippen LogP contribution in [0.4, 0.5) is 0 Å². The van der Waals surface area contributed by atoms with Crippen LogP contribution in [0.25, 0.3) is 0 Å². The molecule has 1 aliphatic heterocycles. The minimum atomic E-state index is -0.0278. The first-order chi connectivity index (χ1) is 12.2. The van der Waals surface area contributed by atoms with Gasteiger partial charge in [-0.05, 0) is 42.5 Å². The molecule has 0 radical (unpaired) electrons. The summed E-state index contributed by atoms with van der Waals surface area (Å²) in [6.45, 7) is 1.30. The molecule has 5 nitrogen and oxygen atoms in total. The molecule has 128 valence electrons. The van der Waals surface area contributed by atoms with Gasteiger partial charge in [-0.25, -0.2) is 0 Å². The Bertz CT molecular complexity index is 772. The zero-order chi connectivity index (χ0) is 17.6. The Labute approximate surface area is 147 Å². The molecule has 1 heterocycles. The molecule has 1 fully saturated rings. The van der Waals surface area contributed by atoms with Gasteiger partial charge in [0.1, 0.15) is 17.6 Å². The molecular formula is C20H20N2O3. The monoisotopic (exact) mass is 336 g/mol. The van der Waals surface area contributed by atoms with E-state index in [9.17, 15) is 4.79 Å². The molecule has 0 N–H and O–H groups in total. The highest BCUT2D eigenvalue weighted by molar-refractivity contribution is 5.94. The van der Waals surface area contributed by atoms with E-state index in [-0.39, 0.29) is 12.0 Å². The van der Waals surface area contributed by atoms with E-state index in [0.29, 0.717) is 24.2 Å². The maximum atomic E-state index is 12.6. The highest BCUT2D eigenvalue weighted by Crippen LogP contribution is 2.22. The SMILES string of the molecule is COc1ccc(OC2CCN(C(=O)c3cccc(C#N)c3)CC2)cc1. The number of likely N-dealkylation sites (tertiary alicyclic amines) is 1. The van der Waals surface area contributed by atoms with Gasteiger partial charge >= 0.3 is 0 Å². The number of amides is 1. The zero-order valence-electron chi connectivity index (χ0n) is 14.1. The third kappa shape index (κ3) is 4.10. The molecule has 1 saturated heterocycles. The van der Waals surface area contributed by atoms with Crippen LogP contribution in [0.5, 0.6) is 11.5 Å². The largest absolute Gasteiger partial charge is 0.497 e. The maximum Gasteiger partial charge on any atom is 0.253 e. The van der Waals surface area contributed by atoms with E-state index in [2.05, 4.69) is 6.07 Å². The molecule has 1 amide bonds. The van der Waals surface area contributed by atoms with E-state index in [1.165, 1.54) is 0 Å². The smallest absolute Gasteiger partial charge is 0.253 e. The van der Waals surface area contributed by atoms with Gasteiger partial charge in [-0.2, -0.15) is 5.26 Å². The number of benzene rings is 2. The summed E-state index contributed by atoms with van der Waals surface area (Å²) in [5.41, 5.74) is 1.07. The summed E-state index contributed by atoms with van der Waals surface area (Å²) < 4.78 is 11.1. The van der Waals surface area contributed by atoms with Crippen LogP contribution in [0.1, 0.15) is 28.8 Å². The summed E-state index contributed by atoms with van der Waals surface area (Å²) in [6.07, 6.45) is 1.67. The summed E-state index contributed by atoms with van der Waals surface area (Å²) in [7, 11) is 1.63. The predicted molar refractivity (Wildman–Crippen MR) is 93.7 cm³/mol. The van der Waals surface area contributed by atoms with Crippen molar-refractivity contribution in [1.82, 2.24) is 4.90 Å². The van der Waals surface area contributed by atoms with Gasteiger partial charge in [-0.3, -0.25) is 4.79 Å². The van der Waals surface area contributed by atoms with Crippen LogP contribution in [0.2, 0.25) is 0 Å². The second-order valence-corrected chi connectivity index (χ2v) is 5.98. The zero-order valence-corrected chi connectivity index (χ0v) is 14.1. The fourth-order valence-corrected chi connectivity index (χ4v) is 2.93. The van der Waals surface area contributed by atoms with Crippen molar-refractivity contribution in [1.29, 1.82) is 5.26 Å². The lowest BCUT2D eigenvalue weighted by atomic mass is 10.1. The Balaban J connectivity index is 1.55. The van der Waals surface area contributed by atoms with Gasteiger partial charge in [-0.1, -0.05) is 6.07 Å². The van der Waals surface area contributed by atoms with Gasteiger partial charge in [-0.15, -0.1) is 0 Å². The summed E-state index contributed by atoms with van der Waals surface area (Å²) in [5, 5.41) is 8.96. The van der Waals surface area contributed by atoms with Gasteiger partial charge < -0.3 is 14.4 Å². The number of hydrogen-bond donors (Lipinski definition) is 0. The van der Waals surface area contributed by atoms with E-state index in [0.717, 1.165) is 24.3 Å². The van der Waals surface area contributed by atoms with Crippen LogP contribution < -0.4 is 9.47 Å². The van der Waals surface area contributed by atoms with Crippen molar-refractivity contribution in [3.63, 3.8) is 0 Å². The van der Waals surface area contributed by atoms with E-state index in [1.807, 2.05) is 29.2 Å². The average Bonchev–Trinajstić information content (AvgIpc) is 2.68. The third-order valence-corrected chi connectivity index (χ3v) is 4.33. The van der Waals surface area contributed by atoms with Crippen LogP contribution in [-0.2, 0) is 0 Å². The molecule has 3 rings (SSSR count). The molecule has 1 aliphatic rings. The van der Waals surface area contributed by atoms with Gasteiger partial charge in [0.2, 0.25) is 0 Å². The first kappa shape index (κ1) is 16.8. The molecule has 5 heteroatoms. The predicted octanol–water partition coefficient (Wildman–Crippen LogP) is 3.25. The number of nitrogens with zero attached hydrogens (tertiary/aromatic N) is 2. The number of carbonyl (C=O) groups is 1. The van der Waals surface area contributed by atoms with Gasteiger partial charge in [0, 0.05) is 31.5 Å². The molecule has 2 aromatic rings. The number of rotatable bonds is 4. The Kier molecular flexibility index (Phi) is 5.20. The van der Waals surface area contributed by atoms with Crippen LogP contribution in [0.15, 0.2) is 48.5 Å². The second kappa shape index (κ2) is 7.71. The highest BCUT2D eigenvalue weighted by atomic mass is 16.5. The first-order valence-electron chi connectivity index (χ1n) is 8.30. The molecule has 0 saturated carbocycles. The molecule has 0 atom stereocenters. The molecule has 0 aromatic heterocycles. The Hall–Kier alpha value is -3.00. The Morgan fingerprint density at radius 1 is 1.12 bits per heavy atom. The summed E-state index contributed by atoms with van der Waals surface area (Å²) in [5.74, 6) is 1.58. The molecule has 0 unspecified atom stereocenters. The number of piperidine rings is 1. The van der Waals surface area contributed by atoms with Crippen LogP contribution in [0.3, 0.4) is 0 Å².